The Morgan fingerprint density at radius 1 is 1.17 bits per heavy atom. The normalized spacial score (nSPS) is 19.0. The molecule has 29 heavy (non-hydrogen) atoms. The lowest BCUT2D eigenvalue weighted by Crippen LogP contribution is -2.30. The van der Waals surface area contributed by atoms with Gasteiger partial charge in [0.25, 0.3) is 0 Å². The number of sulfonamides is 1. The molecule has 1 aliphatic carbocycles. The molecule has 1 heterocycles. The van der Waals surface area contributed by atoms with Crippen LogP contribution in [0.25, 0.3) is 6.08 Å². The van der Waals surface area contributed by atoms with Crippen LogP contribution >= 0.6 is 0 Å². The third-order valence-electron chi connectivity index (χ3n) is 5.25. The summed E-state index contributed by atoms with van der Waals surface area (Å²) in [5.74, 6) is 2.61. The average molecular weight is 417 g/mol. The van der Waals surface area contributed by atoms with E-state index in [1.54, 1.807) is 30.3 Å². The summed E-state index contributed by atoms with van der Waals surface area (Å²) in [5.41, 5.74) is 0.827. The Labute approximate surface area is 172 Å². The van der Waals surface area contributed by atoms with Crippen LogP contribution in [0, 0.1) is 5.92 Å². The van der Waals surface area contributed by atoms with Gasteiger partial charge in [-0.3, -0.25) is 4.79 Å². The summed E-state index contributed by atoms with van der Waals surface area (Å²) in [6, 6.07) is 10.4. The minimum atomic E-state index is -3.47. The van der Waals surface area contributed by atoms with Crippen LogP contribution in [0.5, 0.6) is 0 Å². The molecule has 1 aliphatic rings. The van der Waals surface area contributed by atoms with Crippen molar-refractivity contribution in [2.75, 3.05) is 13.1 Å². The molecule has 0 unspecified atom stereocenters. The largest absolute Gasteiger partial charge is 0.461 e. The second-order valence-corrected chi connectivity index (χ2v) is 9.28. The van der Waals surface area contributed by atoms with Crippen LogP contribution in [-0.2, 0) is 21.4 Å². The average Bonchev–Trinajstić information content (AvgIpc) is 3.25. The van der Waals surface area contributed by atoms with Crippen LogP contribution < -0.4 is 5.32 Å². The van der Waals surface area contributed by atoms with Gasteiger partial charge in [-0.2, -0.15) is 4.31 Å². The molecular weight excluding hydrogens is 388 g/mol. The van der Waals surface area contributed by atoms with Crippen LogP contribution in [0.2, 0.25) is 0 Å². The van der Waals surface area contributed by atoms with Gasteiger partial charge in [0.2, 0.25) is 15.9 Å². The fourth-order valence-corrected chi connectivity index (χ4v) is 4.73. The lowest BCUT2D eigenvalue weighted by molar-refractivity contribution is -0.116. The quantitative estimate of drug-likeness (QED) is 0.631. The molecule has 0 radical (unpaired) electrons. The van der Waals surface area contributed by atoms with E-state index in [2.05, 4.69) is 12.2 Å². The first-order valence-corrected chi connectivity index (χ1v) is 11.4. The number of hydrogen-bond acceptors (Lipinski definition) is 4. The van der Waals surface area contributed by atoms with Gasteiger partial charge in [0.1, 0.15) is 11.5 Å². The van der Waals surface area contributed by atoms with Gasteiger partial charge in [0, 0.05) is 31.6 Å². The molecular formula is C22H28N2O4S. The standard InChI is InChI=1S/C22H28N2O4S/c1-4-24(5-2)29(26,27)19-10-6-17(7-11-19)15-23-22(25)13-9-18-8-12-21(28-18)20-14-16(20)3/h6-13,16,20H,4-5,14-15H2,1-3H3,(H,23,25)/b13-9+/t16-,20-/m0/s1. The molecule has 0 bridgehead atoms. The van der Waals surface area contributed by atoms with E-state index in [9.17, 15) is 13.2 Å². The zero-order valence-electron chi connectivity index (χ0n) is 17.1. The highest BCUT2D eigenvalue weighted by atomic mass is 32.2. The number of furan rings is 1. The Morgan fingerprint density at radius 2 is 1.83 bits per heavy atom. The highest BCUT2D eigenvalue weighted by molar-refractivity contribution is 7.89. The maximum absolute atomic E-state index is 12.5. The van der Waals surface area contributed by atoms with Crippen LogP contribution in [0.1, 0.15) is 50.2 Å². The predicted octanol–water partition coefficient (Wildman–Crippen LogP) is 3.76. The molecule has 0 spiro atoms. The topological polar surface area (TPSA) is 79.6 Å². The van der Waals surface area contributed by atoms with E-state index in [4.69, 9.17) is 4.42 Å². The van der Waals surface area contributed by atoms with Crippen molar-refractivity contribution in [1.82, 2.24) is 9.62 Å². The predicted molar refractivity (Wildman–Crippen MR) is 113 cm³/mol. The molecule has 3 rings (SSSR count). The smallest absolute Gasteiger partial charge is 0.244 e. The molecule has 1 aromatic heterocycles. The number of nitrogens with zero attached hydrogens (tertiary/aromatic N) is 1. The Balaban J connectivity index is 1.53. The van der Waals surface area contributed by atoms with Crippen molar-refractivity contribution in [3.8, 4) is 0 Å². The van der Waals surface area contributed by atoms with E-state index in [1.165, 1.54) is 10.4 Å². The minimum absolute atomic E-state index is 0.234. The molecule has 6 nitrogen and oxygen atoms in total. The second-order valence-electron chi connectivity index (χ2n) is 7.34. The van der Waals surface area contributed by atoms with Crippen molar-refractivity contribution in [2.24, 2.45) is 5.92 Å². The summed E-state index contributed by atoms with van der Waals surface area (Å²) in [7, 11) is -3.47. The van der Waals surface area contributed by atoms with Gasteiger partial charge in [-0.05, 0) is 48.2 Å². The number of hydrogen-bond donors (Lipinski definition) is 1. The first-order chi connectivity index (χ1) is 13.8. The summed E-state index contributed by atoms with van der Waals surface area (Å²) < 4.78 is 32.2. The van der Waals surface area contributed by atoms with Crippen molar-refractivity contribution < 1.29 is 17.6 Å². The number of benzene rings is 1. The third-order valence-corrected chi connectivity index (χ3v) is 7.32. The number of rotatable bonds is 9. The zero-order valence-corrected chi connectivity index (χ0v) is 17.9. The van der Waals surface area contributed by atoms with Crippen molar-refractivity contribution in [2.45, 2.75) is 44.6 Å². The van der Waals surface area contributed by atoms with Crippen LogP contribution in [0.15, 0.2) is 51.8 Å². The van der Waals surface area contributed by atoms with Crippen molar-refractivity contribution in [3.63, 3.8) is 0 Å². The van der Waals surface area contributed by atoms with Crippen LogP contribution in [0.4, 0.5) is 0 Å². The fourth-order valence-electron chi connectivity index (χ4n) is 3.27. The summed E-state index contributed by atoms with van der Waals surface area (Å²) in [4.78, 5) is 12.3. The molecule has 1 aromatic carbocycles. The number of amides is 1. The van der Waals surface area contributed by atoms with E-state index in [0.29, 0.717) is 37.2 Å². The van der Waals surface area contributed by atoms with Gasteiger partial charge in [-0.25, -0.2) is 8.42 Å². The molecule has 1 fully saturated rings. The molecule has 2 atom stereocenters. The van der Waals surface area contributed by atoms with Crippen LogP contribution in [-0.4, -0.2) is 31.7 Å². The molecule has 7 heteroatoms. The third kappa shape index (κ3) is 5.16. The van der Waals surface area contributed by atoms with Gasteiger partial charge in [0.05, 0.1) is 4.90 Å². The Kier molecular flexibility index (Phi) is 6.59. The molecule has 156 valence electrons. The fraction of sp³-hybridized carbons (Fsp3) is 0.409. The highest BCUT2D eigenvalue weighted by Crippen LogP contribution is 2.47. The molecule has 2 aromatic rings. The molecule has 1 amide bonds. The van der Waals surface area contributed by atoms with Crippen molar-refractivity contribution in [1.29, 1.82) is 0 Å². The van der Waals surface area contributed by atoms with Gasteiger partial charge < -0.3 is 9.73 Å². The number of nitrogens with one attached hydrogen (secondary N) is 1. The maximum Gasteiger partial charge on any atom is 0.244 e. The summed E-state index contributed by atoms with van der Waals surface area (Å²) in [6.07, 6.45) is 4.26. The Hall–Kier alpha value is -2.38. The van der Waals surface area contributed by atoms with Gasteiger partial charge >= 0.3 is 0 Å². The van der Waals surface area contributed by atoms with Crippen LogP contribution in [0.3, 0.4) is 0 Å². The number of carbonyl (C=O) groups is 1. The van der Waals surface area contributed by atoms with Crippen molar-refractivity contribution in [3.05, 3.63) is 59.6 Å². The zero-order chi connectivity index (χ0) is 21.0. The molecule has 1 N–H and O–H groups in total. The number of carbonyl (C=O) groups excluding carboxylic acids is 1. The summed E-state index contributed by atoms with van der Waals surface area (Å²) >= 11 is 0. The van der Waals surface area contributed by atoms with E-state index in [-0.39, 0.29) is 10.8 Å². The first-order valence-electron chi connectivity index (χ1n) is 9.99. The summed E-state index contributed by atoms with van der Waals surface area (Å²) in [6.45, 7) is 7.00. The molecule has 0 aliphatic heterocycles. The molecule has 1 saturated carbocycles. The van der Waals surface area contributed by atoms with E-state index >= 15 is 0 Å². The second kappa shape index (κ2) is 8.97. The lowest BCUT2D eigenvalue weighted by atomic mass is 10.2. The minimum Gasteiger partial charge on any atom is -0.461 e. The van der Waals surface area contributed by atoms with E-state index in [1.807, 2.05) is 26.0 Å². The van der Waals surface area contributed by atoms with Gasteiger partial charge in [0.15, 0.2) is 0 Å². The SMILES string of the molecule is CCN(CC)S(=O)(=O)c1ccc(CNC(=O)/C=C/c2ccc([C@H]3C[C@@H]3C)o2)cc1. The van der Waals surface area contributed by atoms with Crippen molar-refractivity contribution >= 4 is 22.0 Å². The first kappa shape index (κ1) is 21.3. The highest BCUT2D eigenvalue weighted by Gasteiger charge is 2.36. The lowest BCUT2D eigenvalue weighted by Gasteiger charge is -2.18. The summed E-state index contributed by atoms with van der Waals surface area (Å²) in [5, 5.41) is 2.79. The van der Waals surface area contributed by atoms with Gasteiger partial charge in [-0.1, -0.05) is 32.9 Å². The Morgan fingerprint density at radius 3 is 2.41 bits per heavy atom. The van der Waals surface area contributed by atoms with E-state index < -0.39 is 10.0 Å². The maximum atomic E-state index is 12.5. The van der Waals surface area contributed by atoms with E-state index in [0.717, 1.165) is 17.7 Å². The van der Waals surface area contributed by atoms with Gasteiger partial charge in [-0.15, -0.1) is 0 Å². The molecule has 0 saturated heterocycles. The monoisotopic (exact) mass is 416 g/mol. The Bertz CT molecular complexity index is 972.